The van der Waals surface area contributed by atoms with Crippen molar-refractivity contribution >= 4 is 5.97 Å². The molecule has 3 aromatic rings. The number of aromatic carboxylic acids is 1. The fraction of sp³-hybridized carbons (Fsp3) is 0. The first-order valence-electron chi connectivity index (χ1n) is 6.15. The van der Waals surface area contributed by atoms with Gasteiger partial charge < -0.3 is 5.11 Å². The first-order chi connectivity index (χ1) is 10.1. The van der Waals surface area contributed by atoms with E-state index < -0.39 is 5.97 Å². The van der Waals surface area contributed by atoms with Gasteiger partial charge in [-0.15, -0.1) is 0 Å². The molecule has 0 amide bonds. The molecule has 0 saturated carbocycles. The summed E-state index contributed by atoms with van der Waals surface area (Å²) < 4.78 is 14.4. The number of nitrogens with zero attached hydrogens (tertiary/aromatic N) is 3. The normalized spacial score (nSPS) is 10.5. The van der Waals surface area contributed by atoms with Gasteiger partial charge in [0.2, 0.25) is 0 Å². The van der Waals surface area contributed by atoms with E-state index in [-0.39, 0.29) is 17.1 Å². The zero-order chi connectivity index (χ0) is 14.8. The molecule has 0 spiro atoms. The van der Waals surface area contributed by atoms with Gasteiger partial charge in [0.05, 0.1) is 0 Å². The van der Waals surface area contributed by atoms with Crippen LogP contribution in [0.4, 0.5) is 4.39 Å². The molecule has 6 heteroatoms. The minimum atomic E-state index is -1.10. The van der Waals surface area contributed by atoms with E-state index in [1.54, 1.807) is 24.4 Å². The molecule has 21 heavy (non-hydrogen) atoms. The van der Waals surface area contributed by atoms with E-state index in [4.69, 9.17) is 0 Å². The van der Waals surface area contributed by atoms with Gasteiger partial charge in [-0.3, -0.25) is 0 Å². The molecule has 3 rings (SSSR count). The van der Waals surface area contributed by atoms with Crippen LogP contribution in [0.2, 0.25) is 0 Å². The summed E-state index contributed by atoms with van der Waals surface area (Å²) in [5, 5.41) is 13.5. The summed E-state index contributed by atoms with van der Waals surface area (Å²) in [5.74, 6) is -0.982. The zero-order valence-corrected chi connectivity index (χ0v) is 10.8. The molecular weight excluding hydrogens is 273 g/mol. The second-order valence-electron chi connectivity index (χ2n) is 4.34. The molecule has 0 aliphatic carbocycles. The maximum atomic E-state index is 13.0. The summed E-state index contributed by atoms with van der Waals surface area (Å²) in [6.07, 6.45) is 2.98. The Morgan fingerprint density at radius 1 is 1.14 bits per heavy atom. The van der Waals surface area contributed by atoms with Gasteiger partial charge in [0.1, 0.15) is 17.1 Å². The monoisotopic (exact) mass is 283 g/mol. The Hall–Kier alpha value is -3.02. The maximum Gasteiger partial charge on any atom is 0.339 e. The molecule has 0 aliphatic rings. The minimum absolute atomic E-state index is 0.0345. The van der Waals surface area contributed by atoms with Gasteiger partial charge in [0, 0.05) is 18.0 Å². The summed E-state index contributed by atoms with van der Waals surface area (Å²) in [6, 6.07) is 10.8. The highest BCUT2D eigenvalue weighted by Crippen LogP contribution is 2.23. The average molecular weight is 283 g/mol. The largest absolute Gasteiger partial charge is 0.478 e. The molecule has 5 nitrogen and oxygen atoms in total. The van der Waals surface area contributed by atoms with Crippen LogP contribution in [0.3, 0.4) is 0 Å². The first-order valence-corrected chi connectivity index (χ1v) is 6.15. The zero-order valence-electron chi connectivity index (χ0n) is 10.8. The fourth-order valence-corrected chi connectivity index (χ4v) is 1.96. The van der Waals surface area contributed by atoms with Crippen molar-refractivity contribution in [1.29, 1.82) is 0 Å². The van der Waals surface area contributed by atoms with Crippen molar-refractivity contribution in [3.8, 4) is 17.1 Å². The second kappa shape index (κ2) is 5.16. The quantitative estimate of drug-likeness (QED) is 0.802. The highest BCUT2D eigenvalue weighted by atomic mass is 19.1. The average Bonchev–Trinajstić information content (AvgIpc) is 2.94. The lowest BCUT2D eigenvalue weighted by Crippen LogP contribution is -1.97. The Morgan fingerprint density at radius 3 is 2.52 bits per heavy atom. The number of hydrogen-bond donors (Lipinski definition) is 1. The van der Waals surface area contributed by atoms with Gasteiger partial charge in [-0.25, -0.2) is 18.9 Å². The van der Waals surface area contributed by atoms with E-state index in [1.807, 2.05) is 0 Å². The molecule has 0 aliphatic heterocycles. The summed E-state index contributed by atoms with van der Waals surface area (Å²) >= 11 is 0. The van der Waals surface area contributed by atoms with Crippen LogP contribution in [0, 0.1) is 5.82 Å². The lowest BCUT2D eigenvalue weighted by Gasteiger charge is -1.99. The Morgan fingerprint density at radius 2 is 1.90 bits per heavy atom. The third kappa shape index (κ3) is 2.51. The molecule has 0 saturated heterocycles. The van der Waals surface area contributed by atoms with Crippen LogP contribution in [0.5, 0.6) is 0 Å². The van der Waals surface area contributed by atoms with E-state index in [0.29, 0.717) is 11.4 Å². The Bertz CT molecular complexity index is 782. The van der Waals surface area contributed by atoms with Crippen LogP contribution < -0.4 is 0 Å². The third-order valence-electron chi connectivity index (χ3n) is 2.95. The number of benzene rings is 1. The summed E-state index contributed by atoms with van der Waals surface area (Å²) in [4.78, 5) is 15.5. The van der Waals surface area contributed by atoms with E-state index in [0.717, 1.165) is 0 Å². The lowest BCUT2D eigenvalue weighted by atomic mass is 10.1. The predicted octanol–water partition coefficient (Wildman–Crippen LogP) is 2.77. The minimum Gasteiger partial charge on any atom is -0.478 e. The van der Waals surface area contributed by atoms with E-state index in [2.05, 4.69) is 10.1 Å². The van der Waals surface area contributed by atoms with Crippen molar-refractivity contribution < 1.29 is 14.3 Å². The maximum absolute atomic E-state index is 13.0. The van der Waals surface area contributed by atoms with Gasteiger partial charge in [0.15, 0.2) is 5.82 Å². The second-order valence-corrected chi connectivity index (χ2v) is 4.34. The van der Waals surface area contributed by atoms with Crippen molar-refractivity contribution in [1.82, 2.24) is 14.8 Å². The molecule has 1 aromatic carbocycles. The van der Waals surface area contributed by atoms with Crippen molar-refractivity contribution in [3.05, 3.63) is 66.2 Å². The Balaban J connectivity index is 2.14. The summed E-state index contributed by atoms with van der Waals surface area (Å²) in [5.41, 5.74) is 0.837. The van der Waals surface area contributed by atoms with E-state index in [1.165, 1.54) is 35.1 Å². The molecule has 0 unspecified atom stereocenters. The topological polar surface area (TPSA) is 68.0 Å². The van der Waals surface area contributed by atoms with Crippen molar-refractivity contribution in [3.63, 3.8) is 0 Å². The van der Waals surface area contributed by atoms with Crippen LogP contribution in [-0.2, 0) is 0 Å². The van der Waals surface area contributed by atoms with Crippen molar-refractivity contribution in [2.45, 2.75) is 0 Å². The number of rotatable bonds is 3. The summed E-state index contributed by atoms with van der Waals surface area (Å²) in [7, 11) is 0. The molecule has 1 N–H and O–H groups in total. The SMILES string of the molecule is O=C(O)c1cn(-c2ccccn2)nc1-c1ccc(F)cc1. The number of hydrogen-bond acceptors (Lipinski definition) is 3. The van der Waals surface area contributed by atoms with Gasteiger partial charge in [0.25, 0.3) is 0 Å². The van der Waals surface area contributed by atoms with Gasteiger partial charge >= 0.3 is 5.97 Å². The molecule has 0 radical (unpaired) electrons. The Kier molecular flexibility index (Phi) is 3.19. The number of aromatic nitrogens is 3. The molecular formula is C15H10FN3O2. The number of carboxylic acid groups (broad SMARTS) is 1. The number of pyridine rings is 1. The van der Waals surface area contributed by atoms with Gasteiger partial charge in [-0.1, -0.05) is 6.07 Å². The van der Waals surface area contributed by atoms with E-state index in [9.17, 15) is 14.3 Å². The molecule has 2 aromatic heterocycles. The van der Waals surface area contributed by atoms with E-state index >= 15 is 0 Å². The van der Waals surface area contributed by atoms with Crippen LogP contribution in [0.25, 0.3) is 17.1 Å². The number of halogens is 1. The molecule has 2 heterocycles. The van der Waals surface area contributed by atoms with Crippen LogP contribution in [-0.4, -0.2) is 25.8 Å². The van der Waals surface area contributed by atoms with Gasteiger partial charge in [-0.05, 0) is 36.4 Å². The standard InChI is InChI=1S/C15H10FN3O2/c16-11-6-4-10(5-7-11)14-12(15(20)21)9-19(18-14)13-3-1-2-8-17-13/h1-9H,(H,20,21). The number of carbonyl (C=O) groups is 1. The Labute approximate surface area is 119 Å². The van der Waals surface area contributed by atoms with Crippen molar-refractivity contribution in [2.24, 2.45) is 0 Å². The molecule has 104 valence electrons. The first kappa shape index (κ1) is 13.0. The van der Waals surface area contributed by atoms with Crippen LogP contribution in [0.1, 0.15) is 10.4 Å². The van der Waals surface area contributed by atoms with Crippen LogP contribution >= 0.6 is 0 Å². The smallest absolute Gasteiger partial charge is 0.339 e. The van der Waals surface area contributed by atoms with Crippen LogP contribution in [0.15, 0.2) is 54.9 Å². The van der Waals surface area contributed by atoms with Crippen molar-refractivity contribution in [2.75, 3.05) is 0 Å². The lowest BCUT2D eigenvalue weighted by molar-refractivity contribution is 0.0697. The fourth-order valence-electron chi connectivity index (χ4n) is 1.96. The third-order valence-corrected chi connectivity index (χ3v) is 2.95. The predicted molar refractivity (Wildman–Crippen MR) is 73.7 cm³/mol. The van der Waals surface area contributed by atoms with Gasteiger partial charge in [-0.2, -0.15) is 5.10 Å². The summed E-state index contributed by atoms with van der Waals surface area (Å²) in [6.45, 7) is 0. The highest BCUT2D eigenvalue weighted by Gasteiger charge is 2.18. The molecule has 0 fully saturated rings. The number of carboxylic acids is 1. The highest BCUT2D eigenvalue weighted by molar-refractivity contribution is 5.94. The molecule has 0 bridgehead atoms. The molecule has 0 atom stereocenters.